The molecule has 0 unspecified atom stereocenters. The molecular formula is C17H11FN6O4. The first kappa shape index (κ1) is 17.3. The van der Waals surface area contributed by atoms with E-state index in [-0.39, 0.29) is 18.1 Å². The van der Waals surface area contributed by atoms with Crippen LogP contribution >= 0.6 is 0 Å². The van der Waals surface area contributed by atoms with E-state index in [0.717, 1.165) is 6.20 Å². The van der Waals surface area contributed by atoms with Gasteiger partial charge in [0.1, 0.15) is 29.7 Å². The highest BCUT2D eigenvalue weighted by atomic mass is 19.1. The summed E-state index contributed by atoms with van der Waals surface area (Å²) in [6.07, 6.45) is 2.27. The molecule has 0 amide bonds. The van der Waals surface area contributed by atoms with E-state index in [1.807, 2.05) is 0 Å². The summed E-state index contributed by atoms with van der Waals surface area (Å²) < 4.78 is 20.4. The van der Waals surface area contributed by atoms with Gasteiger partial charge in [-0.05, 0) is 12.1 Å². The van der Waals surface area contributed by atoms with Crippen molar-refractivity contribution >= 4 is 5.69 Å². The predicted octanol–water partition coefficient (Wildman–Crippen LogP) is 2.80. The molecular weight excluding hydrogens is 371 g/mol. The van der Waals surface area contributed by atoms with Crippen LogP contribution in [0.1, 0.15) is 5.56 Å². The zero-order valence-corrected chi connectivity index (χ0v) is 14.1. The van der Waals surface area contributed by atoms with E-state index in [2.05, 4.69) is 20.2 Å². The Morgan fingerprint density at radius 3 is 2.75 bits per heavy atom. The second-order valence-electron chi connectivity index (χ2n) is 5.71. The van der Waals surface area contributed by atoms with Gasteiger partial charge in [0.05, 0.1) is 17.2 Å². The molecule has 4 aromatic rings. The largest absolute Gasteiger partial charge is 0.488 e. The first-order valence-electron chi connectivity index (χ1n) is 7.95. The molecule has 11 heteroatoms. The molecule has 0 bridgehead atoms. The Kier molecular flexibility index (Phi) is 4.24. The Labute approximate surface area is 156 Å². The van der Waals surface area contributed by atoms with Crippen molar-refractivity contribution in [3.63, 3.8) is 0 Å². The molecule has 0 fully saturated rings. The van der Waals surface area contributed by atoms with Gasteiger partial charge in [0, 0.05) is 11.6 Å². The third kappa shape index (κ3) is 3.16. The van der Waals surface area contributed by atoms with Crippen LogP contribution in [0, 0.1) is 15.9 Å². The molecule has 0 saturated heterocycles. The Bertz CT molecular complexity index is 1160. The van der Waals surface area contributed by atoms with E-state index < -0.39 is 22.3 Å². The molecule has 0 radical (unpaired) electrons. The molecule has 0 aliphatic carbocycles. The average molecular weight is 382 g/mol. The van der Waals surface area contributed by atoms with Crippen LogP contribution in [0.15, 0.2) is 53.4 Å². The number of aromatic hydroxyl groups is 1. The Hall–Kier alpha value is -4.15. The minimum Gasteiger partial charge on any atom is -0.488 e. The molecule has 4 rings (SSSR count). The van der Waals surface area contributed by atoms with Gasteiger partial charge in [0.2, 0.25) is 0 Å². The summed E-state index contributed by atoms with van der Waals surface area (Å²) in [4.78, 5) is 17.6. The summed E-state index contributed by atoms with van der Waals surface area (Å²) in [7, 11) is 0. The lowest BCUT2D eigenvalue weighted by molar-refractivity contribution is -0.386. The zero-order chi connectivity index (χ0) is 19.7. The lowest BCUT2D eigenvalue weighted by Crippen LogP contribution is -2.06. The highest BCUT2D eigenvalue weighted by Crippen LogP contribution is 2.28. The molecule has 1 aromatic carbocycles. The number of rotatable bonds is 5. The molecule has 0 saturated carbocycles. The van der Waals surface area contributed by atoms with Crippen LogP contribution in [-0.2, 0) is 6.54 Å². The van der Waals surface area contributed by atoms with E-state index in [9.17, 15) is 19.6 Å². The Balaban J connectivity index is 1.79. The number of halogens is 1. The second-order valence-corrected chi connectivity index (χ2v) is 5.71. The van der Waals surface area contributed by atoms with Gasteiger partial charge in [0.15, 0.2) is 5.82 Å². The summed E-state index contributed by atoms with van der Waals surface area (Å²) in [6, 6.07) is 9.42. The lowest BCUT2D eigenvalue weighted by Gasteiger charge is -2.06. The van der Waals surface area contributed by atoms with Crippen LogP contribution in [-0.4, -0.2) is 34.9 Å². The highest BCUT2D eigenvalue weighted by molar-refractivity contribution is 5.63. The molecule has 3 aromatic heterocycles. The molecule has 0 aliphatic heterocycles. The summed E-state index contributed by atoms with van der Waals surface area (Å²) in [5, 5.41) is 28.8. The number of hydrogen-bond acceptors (Lipinski definition) is 8. The van der Waals surface area contributed by atoms with Crippen molar-refractivity contribution in [2.75, 3.05) is 0 Å². The Morgan fingerprint density at radius 2 is 2.07 bits per heavy atom. The molecule has 0 atom stereocenters. The fourth-order valence-electron chi connectivity index (χ4n) is 2.60. The van der Waals surface area contributed by atoms with Crippen molar-refractivity contribution in [2.45, 2.75) is 6.54 Å². The zero-order valence-electron chi connectivity index (χ0n) is 14.1. The van der Waals surface area contributed by atoms with Crippen LogP contribution in [0.3, 0.4) is 0 Å². The van der Waals surface area contributed by atoms with Crippen molar-refractivity contribution in [1.29, 1.82) is 0 Å². The van der Waals surface area contributed by atoms with Crippen LogP contribution in [0.2, 0.25) is 0 Å². The van der Waals surface area contributed by atoms with Gasteiger partial charge >= 0.3 is 5.69 Å². The lowest BCUT2D eigenvalue weighted by atomic mass is 10.2. The number of nitro groups is 1. The van der Waals surface area contributed by atoms with Crippen molar-refractivity contribution < 1.29 is 18.9 Å². The van der Waals surface area contributed by atoms with Crippen LogP contribution in [0.25, 0.3) is 22.9 Å². The van der Waals surface area contributed by atoms with Crippen molar-refractivity contribution in [3.8, 4) is 28.8 Å². The molecule has 1 N–H and O–H groups in total. The molecule has 0 aliphatic rings. The summed E-state index contributed by atoms with van der Waals surface area (Å²) >= 11 is 0. The summed E-state index contributed by atoms with van der Waals surface area (Å²) in [6.45, 7) is 0.0911. The molecule has 10 nitrogen and oxygen atoms in total. The van der Waals surface area contributed by atoms with Gasteiger partial charge in [-0.2, -0.15) is 10.1 Å². The standard InChI is InChI=1S/C17H11FN6O4/c18-11-4-2-1-3-10(11)9-23-14(12-5-6-28-22-12)7-13(21-23)16-19-8-15(24(26)27)17(25)20-16/h1-8H,9H2,(H,19,20,25). The van der Waals surface area contributed by atoms with Gasteiger partial charge in [-0.3, -0.25) is 14.8 Å². The topological polar surface area (TPSA) is 133 Å². The fraction of sp³-hybridized carbons (Fsp3) is 0.0588. The molecule has 0 spiro atoms. The molecule has 140 valence electrons. The second kappa shape index (κ2) is 6.87. The minimum atomic E-state index is -0.795. The van der Waals surface area contributed by atoms with Crippen molar-refractivity contribution in [1.82, 2.24) is 24.9 Å². The number of benzene rings is 1. The maximum Gasteiger partial charge on any atom is 0.348 e. The molecule has 3 heterocycles. The van der Waals surface area contributed by atoms with Crippen molar-refractivity contribution in [3.05, 3.63) is 70.4 Å². The van der Waals surface area contributed by atoms with Gasteiger partial charge in [0.25, 0.3) is 5.88 Å². The van der Waals surface area contributed by atoms with E-state index in [4.69, 9.17) is 4.52 Å². The predicted molar refractivity (Wildman–Crippen MR) is 92.6 cm³/mol. The fourth-order valence-corrected chi connectivity index (χ4v) is 2.60. The third-order valence-corrected chi connectivity index (χ3v) is 3.93. The monoisotopic (exact) mass is 382 g/mol. The van der Waals surface area contributed by atoms with Gasteiger partial charge < -0.3 is 9.63 Å². The normalized spacial score (nSPS) is 10.9. The van der Waals surface area contributed by atoms with E-state index in [1.54, 1.807) is 30.3 Å². The van der Waals surface area contributed by atoms with Crippen LogP contribution in [0.5, 0.6) is 5.88 Å². The Morgan fingerprint density at radius 1 is 1.25 bits per heavy atom. The van der Waals surface area contributed by atoms with Crippen molar-refractivity contribution in [2.24, 2.45) is 0 Å². The molecule has 28 heavy (non-hydrogen) atoms. The first-order chi connectivity index (χ1) is 13.5. The van der Waals surface area contributed by atoms with E-state index >= 15 is 0 Å². The number of nitrogens with zero attached hydrogens (tertiary/aromatic N) is 6. The quantitative estimate of drug-likeness (QED) is 0.411. The number of aromatic nitrogens is 5. The maximum atomic E-state index is 14.1. The smallest absolute Gasteiger partial charge is 0.348 e. The minimum absolute atomic E-state index is 0.0277. The maximum absolute atomic E-state index is 14.1. The summed E-state index contributed by atoms with van der Waals surface area (Å²) in [5.74, 6) is -1.20. The highest BCUT2D eigenvalue weighted by Gasteiger charge is 2.21. The average Bonchev–Trinajstić information content (AvgIpc) is 3.33. The first-order valence-corrected chi connectivity index (χ1v) is 7.95. The van der Waals surface area contributed by atoms with E-state index in [0.29, 0.717) is 17.0 Å². The van der Waals surface area contributed by atoms with Crippen LogP contribution < -0.4 is 0 Å². The number of hydrogen-bond donors (Lipinski definition) is 1. The van der Waals surface area contributed by atoms with Gasteiger partial charge in [-0.25, -0.2) is 9.37 Å². The third-order valence-electron chi connectivity index (χ3n) is 3.93. The summed E-state index contributed by atoms with van der Waals surface area (Å²) in [5.41, 5.74) is 0.940. The van der Waals surface area contributed by atoms with Crippen LogP contribution in [0.4, 0.5) is 10.1 Å². The van der Waals surface area contributed by atoms with Gasteiger partial charge in [-0.15, -0.1) is 0 Å². The SMILES string of the molecule is O=[N+]([O-])c1cnc(-c2cc(-c3ccon3)n(Cc3ccccc3F)n2)nc1O. The van der Waals surface area contributed by atoms with E-state index in [1.165, 1.54) is 17.0 Å². The van der Waals surface area contributed by atoms with Gasteiger partial charge in [-0.1, -0.05) is 23.4 Å².